The molecule has 9 heteroatoms. The number of sulfonamides is 1. The Morgan fingerprint density at radius 1 is 1.06 bits per heavy atom. The molecule has 2 aromatic carbocycles. The van der Waals surface area contributed by atoms with E-state index in [-0.39, 0.29) is 16.7 Å². The van der Waals surface area contributed by atoms with Gasteiger partial charge in [0.05, 0.1) is 29.8 Å². The van der Waals surface area contributed by atoms with Crippen LogP contribution in [0.4, 0.5) is 5.69 Å². The van der Waals surface area contributed by atoms with Crippen molar-refractivity contribution in [1.29, 1.82) is 0 Å². The summed E-state index contributed by atoms with van der Waals surface area (Å²) < 4.78 is 39.7. The van der Waals surface area contributed by atoms with Gasteiger partial charge in [0.15, 0.2) is 0 Å². The highest BCUT2D eigenvalue weighted by atomic mass is 32.2. The third-order valence-corrected chi connectivity index (χ3v) is 8.04. The molecule has 0 radical (unpaired) electrons. The van der Waals surface area contributed by atoms with Crippen LogP contribution in [0.25, 0.3) is 10.9 Å². The lowest BCUT2D eigenvalue weighted by Crippen LogP contribution is -2.41. The second kappa shape index (κ2) is 9.94. The van der Waals surface area contributed by atoms with Gasteiger partial charge < -0.3 is 19.4 Å². The Labute approximate surface area is 194 Å². The number of aromatic nitrogens is 1. The van der Waals surface area contributed by atoms with Crippen molar-refractivity contribution in [2.24, 2.45) is 5.92 Å². The van der Waals surface area contributed by atoms with Crippen molar-refractivity contribution in [1.82, 2.24) is 8.87 Å². The lowest BCUT2D eigenvalue weighted by Gasteiger charge is -2.30. The highest BCUT2D eigenvalue weighted by Crippen LogP contribution is 2.28. The second-order valence-electron chi connectivity index (χ2n) is 8.08. The van der Waals surface area contributed by atoms with E-state index in [2.05, 4.69) is 9.88 Å². The van der Waals surface area contributed by atoms with Gasteiger partial charge in [-0.05, 0) is 55.3 Å². The second-order valence-corrected chi connectivity index (χ2v) is 10.0. The SMILES string of the molecule is COCCn1ccc2c(NC(=O)C3CCN(S(=O)(=O)c4ccc(OC)cc4)CC3)cccc21. The fraction of sp³-hybridized carbons (Fsp3) is 0.375. The van der Waals surface area contributed by atoms with E-state index in [1.807, 2.05) is 30.5 Å². The number of nitrogens with one attached hydrogen (secondary N) is 1. The minimum atomic E-state index is -3.60. The molecule has 0 aliphatic carbocycles. The predicted octanol–water partition coefficient (Wildman–Crippen LogP) is 3.34. The lowest BCUT2D eigenvalue weighted by molar-refractivity contribution is -0.120. The number of amides is 1. The van der Waals surface area contributed by atoms with Crippen LogP contribution in [0.5, 0.6) is 5.75 Å². The monoisotopic (exact) mass is 471 g/mol. The van der Waals surface area contributed by atoms with Gasteiger partial charge >= 0.3 is 0 Å². The number of anilines is 1. The molecule has 1 fully saturated rings. The van der Waals surface area contributed by atoms with Gasteiger partial charge in [0.1, 0.15) is 5.75 Å². The van der Waals surface area contributed by atoms with E-state index in [0.29, 0.717) is 38.3 Å². The van der Waals surface area contributed by atoms with Crippen molar-refractivity contribution in [2.45, 2.75) is 24.3 Å². The fourth-order valence-corrected chi connectivity index (χ4v) is 5.68. The molecule has 3 aromatic rings. The van der Waals surface area contributed by atoms with Crippen molar-refractivity contribution in [2.75, 3.05) is 39.2 Å². The predicted molar refractivity (Wildman–Crippen MR) is 127 cm³/mol. The molecular formula is C24H29N3O5S. The molecule has 1 saturated heterocycles. The normalized spacial score (nSPS) is 15.6. The molecule has 33 heavy (non-hydrogen) atoms. The number of carbonyl (C=O) groups excluding carboxylic acids is 1. The van der Waals surface area contributed by atoms with Crippen LogP contribution in [0.15, 0.2) is 59.6 Å². The third-order valence-electron chi connectivity index (χ3n) is 6.13. The maximum Gasteiger partial charge on any atom is 0.243 e. The molecule has 4 rings (SSSR count). The minimum Gasteiger partial charge on any atom is -0.497 e. The smallest absolute Gasteiger partial charge is 0.243 e. The minimum absolute atomic E-state index is 0.0753. The Hall–Kier alpha value is -2.88. The highest BCUT2D eigenvalue weighted by Gasteiger charge is 2.32. The first-order chi connectivity index (χ1) is 15.9. The summed E-state index contributed by atoms with van der Waals surface area (Å²) in [4.78, 5) is 13.2. The van der Waals surface area contributed by atoms with Crippen LogP contribution in [0.3, 0.4) is 0 Å². The van der Waals surface area contributed by atoms with E-state index in [9.17, 15) is 13.2 Å². The van der Waals surface area contributed by atoms with E-state index in [1.54, 1.807) is 31.4 Å². The summed E-state index contributed by atoms with van der Waals surface area (Å²) in [6.07, 6.45) is 2.94. The number of ether oxygens (including phenoxy) is 2. The summed E-state index contributed by atoms with van der Waals surface area (Å²) in [5.74, 6) is 0.292. The van der Waals surface area contributed by atoms with E-state index in [1.165, 1.54) is 11.4 Å². The Balaban J connectivity index is 1.40. The van der Waals surface area contributed by atoms with Crippen LogP contribution in [0.1, 0.15) is 12.8 Å². The van der Waals surface area contributed by atoms with Gasteiger partial charge in [-0.2, -0.15) is 4.31 Å². The molecule has 1 aliphatic heterocycles. The molecule has 0 atom stereocenters. The molecule has 8 nitrogen and oxygen atoms in total. The maximum atomic E-state index is 13.0. The number of hydrogen-bond donors (Lipinski definition) is 1. The van der Waals surface area contributed by atoms with Crippen LogP contribution in [-0.2, 0) is 26.1 Å². The summed E-state index contributed by atoms with van der Waals surface area (Å²) in [6.45, 7) is 1.96. The number of carbonyl (C=O) groups is 1. The number of methoxy groups -OCH3 is 2. The van der Waals surface area contributed by atoms with Crippen molar-refractivity contribution >= 4 is 32.5 Å². The quantitative estimate of drug-likeness (QED) is 0.544. The highest BCUT2D eigenvalue weighted by molar-refractivity contribution is 7.89. The lowest BCUT2D eigenvalue weighted by atomic mass is 9.97. The van der Waals surface area contributed by atoms with E-state index < -0.39 is 10.0 Å². The Kier molecular flexibility index (Phi) is 7.02. The van der Waals surface area contributed by atoms with Crippen molar-refractivity contribution in [3.63, 3.8) is 0 Å². The first-order valence-electron chi connectivity index (χ1n) is 11.0. The van der Waals surface area contributed by atoms with Crippen LogP contribution in [0.2, 0.25) is 0 Å². The van der Waals surface area contributed by atoms with Gasteiger partial charge in [-0.1, -0.05) is 6.07 Å². The van der Waals surface area contributed by atoms with E-state index in [0.717, 1.165) is 23.1 Å². The molecule has 2 heterocycles. The number of piperidine rings is 1. The summed E-state index contributed by atoms with van der Waals surface area (Å²) in [6, 6.07) is 14.2. The summed E-state index contributed by atoms with van der Waals surface area (Å²) in [5.41, 5.74) is 1.80. The standard InChI is InChI=1S/C24H29N3O5S/c1-31-17-16-26-13-12-21-22(4-3-5-23(21)26)25-24(28)18-10-14-27(15-11-18)33(29,30)20-8-6-19(32-2)7-9-20/h3-9,12-13,18H,10-11,14-17H2,1-2H3,(H,25,28). The van der Waals surface area contributed by atoms with Gasteiger partial charge in [0, 0.05) is 44.2 Å². The Bertz CT molecular complexity index is 1210. The molecule has 0 bridgehead atoms. The molecule has 0 unspecified atom stereocenters. The van der Waals surface area contributed by atoms with Gasteiger partial charge in [0.25, 0.3) is 0 Å². The number of rotatable bonds is 8. The van der Waals surface area contributed by atoms with Gasteiger partial charge in [-0.3, -0.25) is 4.79 Å². The zero-order valence-corrected chi connectivity index (χ0v) is 19.7. The number of hydrogen-bond acceptors (Lipinski definition) is 5. The first kappa shape index (κ1) is 23.3. The zero-order valence-electron chi connectivity index (χ0n) is 18.9. The van der Waals surface area contributed by atoms with Crippen LogP contribution < -0.4 is 10.1 Å². The van der Waals surface area contributed by atoms with Gasteiger partial charge in [-0.15, -0.1) is 0 Å². The molecule has 1 amide bonds. The summed E-state index contributed by atoms with van der Waals surface area (Å²) in [7, 11) is -0.386. The fourth-order valence-electron chi connectivity index (χ4n) is 4.21. The largest absolute Gasteiger partial charge is 0.497 e. The van der Waals surface area contributed by atoms with Crippen LogP contribution >= 0.6 is 0 Å². The number of nitrogens with zero attached hydrogens (tertiary/aromatic N) is 2. The molecular weight excluding hydrogens is 442 g/mol. The molecule has 1 aromatic heterocycles. The first-order valence-corrected chi connectivity index (χ1v) is 12.4. The average Bonchev–Trinajstić information content (AvgIpc) is 3.27. The third kappa shape index (κ3) is 4.90. The Morgan fingerprint density at radius 2 is 1.79 bits per heavy atom. The number of benzene rings is 2. The molecule has 176 valence electrons. The van der Waals surface area contributed by atoms with E-state index in [4.69, 9.17) is 9.47 Å². The molecule has 0 spiro atoms. The average molecular weight is 472 g/mol. The van der Waals surface area contributed by atoms with Crippen LogP contribution in [0, 0.1) is 5.92 Å². The molecule has 1 N–H and O–H groups in total. The van der Waals surface area contributed by atoms with Crippen molar-refractivity contribution < 1.29 is 22.7 Å². The zero-order chi connectivity index (χ0) is 23.4. The Morgan fingerprint density at radius 3 is 2.45 bits per heavy atom. The number of fused-ring (bicyclic) bond motifs is 1. The summed E-state index contributed by atoms with van der Waals surface area (Å²) in [5, 5.41) is 4.03. The summed E-state index contributed by atoms with van der Waals surface area (Å²) >= 11 is 0. The van der Waals surface area contributed by atoms with Gasteiger partial charge in [0.2, 0.25) is 15.9 Å². The van der Waals surface area contributed by atoms with Gasteiger partial charge in [-0.25, -0.2) is 8.42 Å². The topological polar surface area (TPSA) is 89.9 Å². The van der Waals surface area contributed by atoms with Crippen molar-refractivity contribution in [3.05, 3.63) is 54.7 Å². The van der Waals surface area contributed by atoms with Crippen molar-refractivity contribution in [3.8, 4) is 5.75 Å². The maximum absolute atomic E-state index is 13.0. The molecule has 0 saturated carbocycles. The molecule has 1 aliphatic rings. The van der Waals surface area contributed by atoms with E-state index >= 15 is 0 Å². The van der Waals surface area contributed by atoms with Crippen LogP contribution in [-0.4, -0.2) is 57.1 Å².